The van der Waals surface area contributed by atoms with Crippen LogP contribution in [0, 0.1) is 12.7 Å². The topological polar surface area (TPSA) is 60.9 Å². The average molecular weight is 407 g/mol. The maximum absolute atomic E-state index is 14.3. The van der Waals surface area contributed by atoms with Crippen molar-refractivity contribution in [1.29, 1.82) is 0 Å². The summed E-state index contributed by atoms with van der Waals surface area (Å²) in [7, 11) is 0. The van der Waals surface area contributed by atoms with Crippen molar-refractivity contribution in [2.24, 2.45) is 0 Å². The Morgan fingerprint density at radius 1 is 1.17 bits per heavy atom. The Morgan fingerprint density at radius 3 is 2.79 bits per heavy atom. The van der Waals surface area contributed by atoms with Gasteiger partial charge in [-0.05, 0) is 49.1 Å². The molecule has 0 radical (unpaired) electrons. The number of halogens is 1. The van der Waals surface area contributed by atoms with Crippen LogP contribution in [0.5, 0.6) is 0 Å². The molecule has 0 spiro atoms. The molecule has 2 aromatic carbocycles. The number of fused-ring (bicyclic) bond motifs is 1. The van der Waals surface area contributed by atoms with Crippen molar-refractivity contribution in [2.75, 3.05) is 0 Å². The second-order valence-corrected chi connectivity index (χ2v) is 8.21. The SMILES string of the molecule is Cc1ccc2c(CSc3nnc(-c4ccccc4F)n3C3CC3)cc(=O)oc2c1. The second kappa shape index (κ2) is 7.15. The lowest BCUT2D eigenvalue weighted by Gasteiger charge is -2.10. The highest BCUT2D eigenvalue weighted by Gasteiger charge is 2.31. The first-order valence-corrected chi connectivity index (χ1v) is 10.4. The monoisotopic (exact) mass is 407 g/mol. The lowest BCUT2D eigenvalue weighted by Crippen LogP contribution is -2.02. The van der Waals surface area contributed by atoms with Gasteiger partial charge >= 0.3 is 5.63 Å². The Hall–Kier alpha value is -2.93. The van der Waals surface area contributed by atoms with E-state index >= 15 is 0 Å². The average Bonchev–Trinajstić information content (AvgIpc) is 3.45. The Bertz CT molecular complexity index is 1280. The van der Waals surface area contributed by atoms with Gasteiger partial charge in [-0.3, -0.25) is 4.57 Å². The van der Waals surface area contributed by atoms with Crippen molar-refractivity contribution >= 4 is 22.7 Å². The minimum absolute atomic E-state index is 0.294. The lowest BCUT2D eigenvalue weighted by atomic mass is 10.1. The van der Waals surface area contributed by atoms with Crippen LogP contribution in [0.2, 0.25) is 0 Å². The van der Waals surface area contributed by atoms with Crippen LogP contribution in [-0.2, 0) is 5.75 Å². The summed E-state index contributed by atoms with van der Waals surface area (Å²) >= 11 is 1.50. The molecule has 1 fully saturated rings. The molecule has 4 aromatic rings. The van der Waals surface area contributed by atoms with Crippen molar-refractivity contribution in [3.63, 3.8) is 0 Å². The normalized spacial score (nSPS) is 13.9. The van der Waals surface area contributed by atoms with E-state index < -0.39 is 0 Å². The van der Waals surface area contributed by atoms with Crippen LogP contribution in [0.4, 0.5) is 4.39 Å². The Kier molecular flexibility index (Phi) is 4.47. The van der Waals surface area contributed by atoms with Gasteiger partial charge in [0.2, 0.25) is 0 Å². The molecule has 2 heterocycles. The zero-order valence-corrected chi connectivity index (χ0v) is 16.6. The van der Waals surface area contributed by atoms with Crippen molar-refractivity contribution in [2.45, 2.75) is 36.7 Å². The summed E-state index contributed by atoms with van der Waals surface area (Å²) in [6.07, 6.45) is 2.06. The fourth-order valence-electron chi connectivity index (χ4n) is 3.46. The molecule has 5 rings (SSSR count). The smallest absolute Gasteiger partial charge is 0.336 e. The van der Waals surface area contributed by atoms with E-state index in [2.05, 4.69) is 10.2 Å². The number of hydrogen-bond donors (Lipinski definition) is 0. The van der Waals surface area contributed by atoms with Gasteiger partial charge in [0.05, 0.1) is 5.56 Å². The highest BCUT2D eigenvalue weighted by atomic mass is 32.2. The molecule has 29 heavy (non-hydrogen) atoms. The summed E-state index contributed by atoms with van der Waals surface area (Å²) < 4.78 is 21.7. The molecular formula is C22H18FN3O2S. The molecule has 0 saturated heterocycles. The summed E-state index contributed by atoms with van der Waals surface area (Å²) in [4.78, 5) is 12.0. The van der Waals surface area contributed by atoms with E-state index in [0.29, 0.717) is 28.8 Å². The van der Waals surface area contributed by atoms with Crippen LogP contribution in [0.25, 0.3) is 22.4 Å². The zero-order chi connectivity index (χ0) is 20.0. The number of aryl methyl sites for hydroxylation is 1. The molecule has 1 aliphatic rings. The standard InChI is InChI=1S/C22H18FN3O2S/c1-13-6-9-16-14(11-20(27)28-19(16)10-13)12-29-22-25-24-21(26(22)15-7-8-15)17-4-2-3-5-18(17)23/h2-6,9-11,15H,7-8,12H2,1H3. The minimum atomic E-state index is -0.366. The van der Waals surface area contributed by atoms with Crippen LogP contribution < -0.4 is 5.63 Å². The third-order valence-electron chi connectivity index (χ3n) is 5.03. The first-order chi connectivity index (χ1) is 14.1. The Morgan fingerprint density at radius 2 is 2.00 bits per heavy atom. The van der Waals surface area contributed by atoms with Gasteiger partial charge in [-0.15, -0.1) is 10.2 Å². The van der Waals surface area contributed by atoms with Gasteiger partial charge in [0.1, 0.15) is 11.4 Å². The summed E-state index contributed by atoms with van der Waals surface area (Å²) in [6, 6.07) is 14.3. The molecule has 0 bridgehead atoms. The van der Waals surface area contributed by atoms with Crippen molar-refractivity contribution < 1.29 is 8.81 Å². The zero-order valence-electron chi connectivity index (χ0n) is 15.8. The van der Waals surface area contributed by atoms with Crippen molar-refractivity contribution in [3.8, 4) is 11.4 Å². The van der Waals surface area contributed by atoms with E-state index in [4.69, 9.17) is 4.42 Å². The van der Waals surface area contributed by atoms with E-state index in [-0.39, 0.29) is 11.4 Å². The molecule has 0 aliphatic heterocycles. The molecule has 146 valence electrons. The number of nitrogens with zero attached hydrogens (tertiary/aromatic N) is 3. The van der Waals surface area contributed by atoms with E-state index in [1.165, 1.54) is 23.9 Å². The van der Waals surface area contributed by atoms with Crippen LogP contribution in [0.1, 0.15) is 30.0 Å². The molecule has 0 N–H and O–H groups in total. The Labute approximate surface area is 170 Å². The highest BCUT2D eigenvalue weighted by molar-refractivity contribution is 7.98. The second-order valence-electron chi connectivity index (χ2n) is 7.27. The molecule has 0 atom stereocenters. The molecule has 2 aromatic heterocycles. The van der Waals surface area contributed by atoms with E-state index in [1.54, 1.807) is 18.2 Å². The highest BCUT2D eigenvalue weighted by Crippen LogP contribution is 2.42. The molecule has 0 unspecified atom stereocenters. The first-order valence-electron chi connectivity index (χ1n) is 9.46. The van der Waals surface area contributed by atoms with Crippen molar-refractivity contribution in [3.05, 3.63) is 75.9 Å². The molecule has 7 heteroatoms. The summed E-state index contributed by atoms with van der Waals surface area (Å²) in [5.41, 5.74) is 2.60. The van der Waals surface area contributed by atoms with Gasteiger partial charge in [0, 0.05) is 23.2 Å². The third-order valence-corrected chi connectivity index (χ3v) is 6.03. The molecule has 1 aliphatic carbocycles. The maximum Gasteiger partial charge on any atom is 0.336 e. The van der Waals surface area contributed by atoms with E-state index in [1.807, 2.05) is 29.7 Å². The first kappa shape index (κ1) is 18.1. The van der Waals surface area contributed by atoms with Crippen LogP contribution in [0.3, 0.4) is 0 Å². The number of rotatable bonds is 5. The van der Waals surface area contributed by atoms with Gasteiger partial charge in [-0.1, -0.05) is 36.0 Å². The van der Waals surface area contributed by atoms with Crippen LogP contribution in [0.15, 0.2) is 62.9 Å². The fraction of sp³-hybridized carbons (Fsp3) is 0.227. The largest absolute Gasteiger partial charge is 0.423 e. The summed E-state index contributed by atoms with van der Waals surface area (Å²) in [5, 5.41) is 10.3. The maximum atomic E-state index is 14.3. The van der Waals surface area contributed by atoms with Gasteiger partial charge < -0.3 is 4.42 Å². The third kappa shape index (κ3) is 3.46. The molecule has 5 nitrogen and oxygen atoms in total. The van der Waals surface area contributed by atoms with Crippen LogP contribution in [-0.4, -0.2) is 14.8 Å². The summed E-state index contributed by atoms with van der Waals surface area (Å²) in [5.74, 6) is 0.800. The predicted molar refractivity (Wildman–Crippen MR) is 110 cm³/mol. The van der Waals surface area contributed by atoms with Gasteiger partial charge in [-0.2, -0.15) is 0 Å². The quantitative estimate of drug-likeness (QED) is 0.339. The minimum Gasteiger partial charge on any atom is -0.423 e. The lowest BCUT2D eigenvalue weighted by molar-refractivity contribution is 0.559. The predicted octanol–water partition coefficient (Wildman–Crippen LogP) is 5.13. The number of aromatic nitrogens is 3. The molecule has 0 amide bonds. The van der Waals surface area contributed by atoms with Gasteiger partial charge in [-0.25, -0.2) is 9.18 Å². The van der Waals surface area contributed by atoms with E-state index in [0.717, 1.165) is 34.5 Å². The molecule has 1 saturated carbocycles. The van der Waals surface area contributed by atoms with Gasteiger partial charge in [0.25, 0.3) is 0 Å². The van der Waals surface area contributed by atoms with Gasteiger partial charge in [0.15, 0.2) is 11.0 Å². The van der Waals surface area contributed by atoms with Crippen molar-refractivity contribution in [1.82, 2.24) is 14.8 Å². The Balaban J connectivity index is 1.50. The number of thioether (sulfide) groups is 1. The summed E-state index contributed by atoms with van der Waals surface area (Å²) in [6.45, 7) is 1.96. The number of benzene rings is 2. The number of hydrogen-bond acceptors (Lipinski definition) is 5. The van der Waals surface area contributed by atoms with Crippen LogP contribution >= 0.6 is 11.8 Å². The van der Waals surface area contributed by atoms with E-state index in [9.17, 15) is 9.18 Å². The molecular weight excluding hydrogens is 389 g/mol. The fourth-order valence-corrected chi connectivity index (χ4v) is 4.46.